The maximum Gasteiger partial charge on any atom is 0.114 e. The van der Waals surface area contributed by atoms with Gasteiger partial charge < -0.3 is 4.74 Å². The summed E-state index contributed by atoms with van der Waals surface area (Å²) in [6.07, 6.45) is 0.315. The number of benzene rings is 2. The van der Waals surface area contributed by atoms with E-state index < -0.39 is 0 Å². The molecule has 1 nitrogen and oxygen atoms in total. The second kappa shape index (κ2) is 4.43. The van der Waals surface area contributed by atoms with E-state index in [4.69, 9.17) is 4.74 Å². The summed E-state index contributed by atoms with van der Waals surface area (Å²) in [7, 11) is 0. The highest BCUT2D eigenvalue weighted by molar-refractivity contribution is 5.69. The Morgan fingerprint density at radius 3 is 2.33 bits per heavy atom. The van der Waals surface area contributed by atoms with Crippen molar-refractivity contribution in [2.75, 3.05) is 0 Å². The molecule has 0 saturated carbocycles. The van der Waals surface area contributed by atoms with Crippen molar-refractivity contribution in [1.82, 2.24) is 0 Å². The van der Waals surface area contributed by atoms with Gasteiger partial charge in [0, 0.05) is 0 Å². The number of aryl methyl sites for hydroxylation is 1. The quantitative estimate of drug-likeness (QED) is 0.729. The Morgan fingerprint density at radius 1 is 1.00 bits per heavy atom. The van der Waals surface area contributed by atoms with Crippen molar-refractivity contribution in [2.24, 2.45) is 0 Å². The third kappa shape index (κ3) is 2.09. The lowest BCUT2D eigenvalue weighted by molar-refractivity contribution is 0.397. The minimum absolute atomic E-state index is 0.134. The van der Waals surface area contributed by atoms with E-state index in [1.54, 1.807) is 0 Å². The van der Waals surface area contributed by atoms with E-state index in [1.807, 2.05) is 18.2 Å². The maximum atomic E-state index is 5.75. The van der Waals surface area contributed by atoms with Crippen LogP contribution in [0, 0.1) is 6.92 Å². The van der Waals surface area contributed by atoms with Crippen LogP contribution in [0.5, 0.6) is 0 Å². The highest BCUT2D eigenvalue weighted by atomic mass is 16.6. The van der Waals surface area contributed by atoms with Crippen LogP contribution in [-0.4, -0.2) is 6.10 Å². The van der Waals surface area contributed by atoms with Crippen molar-refractivity contribution in [3.63, 3.8) is 0 Å². The monoisotopic (exact) mass is 236 g/mol. The molecule has 1 aliphatic heterocycles. The van der Waals surface area contributed by atoms with E-state index >= 15 is 0 Å². The fourth-order valence-electron chi connectivity index (χ4n) is 2.21. The molecule has 0 bridgehead atoms. The van der Waals surface area contributed by atoms with Crippen LogP contribution >= 0.6 is 0 Å². The van der Waals surface area contributed by atoms with Crippen LogP contribution in [0.4, 0.5) is 0 Å². The number of hydrogen-bond acceptors (Lipinski definition) is 1. The highest BCUT2D eigenvalue weighted by Gasteiger charge is 2.42. The molecule has 0 radical (unpaired) electrons. The first-order valence-corrected chi connectivity index (χ1v) is 6.22. The van der Waals surface area contributed by atoms with Crippen LogP contribution in [0.2, 0.25) is 0 Å². The van der Waals surface area contributed by atoms with Crippen LogP contribution in [0.3, 0.4) is 0 Å². The van der Waals surface area contributed by atoms with E-state index in [-0.39, 0.29) is 12.2 Å². The van der Waals surface area contributed by atoms with Crippen molar-refractivity contribution < 1.29 is 4.74 Å². The minimum atomic E-state index is 0.134. The van der Waals surface area contributed by atoms with E-state index in [2.05, 4.69) is 49.9 Å². The molecule has 0 aliphatic carbocycles. The summed E-state index contributed by atoms with van der Waals surface area (Å²) in [5, 5.41) is 0. The molecule has 1 heterocycles. The maximum absolute atomic E-state index is 5.75. The van der Waals surface area contributed by atoms with Crippen LogP contribution < -0.4 is 0 Å². The fraction of sp³-hybridized carbons (Fsp3) is 0.176. The SMILES string of the molecule is C=C(c1ccc(C)cc1)[C@@H]1O[C@H]1c1ccccc1. The van der Waals surface area contributed by atoms with Gasteiger partial charge in [-0.2, -0.15) is 0 Å². The summed E-state index contributed by atoms with van der Waals surface area (Å²) in [6.45, 7) is 6.26. The molecule has 1 aliphatic rings. The highest BCUT2D eigenvalue weighted by Crippen LogP contribution is 2.45. The second-order valence-electron chi connectivity index (χ2n) is 4.78. The predicted octanol–water partition coefficient (Wildman–Crippen LogP) is 4.15. The zero-order valence-corrected chi connectivity index (χ0v) is 10.5. The van der Waals surface area contributed by atoms with E-state index in [0.717, 1.165) is 5.57 Å². The molecular weight excluding hydrogens is 220 g/mol. The number of ether oxygens (including phenoxy) is 1. The molecule has 0 N–H and O–H groups in total. The van der Waals surface area contributed by atoms with Gasteiger partial charge in [0.15, 0.2) is 0 Å². The molecule has 0 aromatic heterocycles. The molecule has 18 heavy (non-hydrogen) atoms. The third-order valence-electron chi connectivity index (χ3n) is 3.39. The summed E-state index contributed by atoms with van der Waals surface area (Å²) in [4.78, 5) is 0. The van der Waals surface area contributed by atoms with Crippen molar-refractivity contribution in [2.45, 2.75) is 19.1 Å². The Bertz CT molecular complexity index is 554. The Labute approximate surface area is 108 Å². The Kier molecular flexibility index (Phi) is 2.77. The van der Waals surface area contributed by atoms with Gasteiger partial charge in [0.1, 0.15) is 12.2 Å². The first-order chi connectivity index (χ1) is 8.75. The standard InChI is InChI=1S/C17H16O/c1-12-8-10-14(11-9-12)13(2)16-17(18-16)15-6-4-3-5-7-15/h3-11,16-17H,2H2,1H3/t16-,17-/m0/s1. The first kappa shape index (κ1) is 11.2. The van der Waals surface area contributed by atoms with Gasteiger partial charge in [-0.15, -0.1) is 0 Å². The Morgan fingerprint density at radius 2 is 1.67 bits per heavy atom. The largest absolute Gasteiger partial charge is 0.359 e. The molecule has 3 rings (SSSR count). The number of rotatable bonds is 3. The number of epoxide rings is 1. The topological polar surface area (TPSA) is 12.5 Å². The zero-order chi connectivity index (χ0) is 12.5. The van der Waals surface area contributed by atoms with Gasteiger partial charge in [-0.05, 0) is 23.6 Å². The minimum Gasteiger partial charge on any atom is -0.359 e. The molecule has 2 aromatic carbocycles. The van der Waals surface area contributed by atoms with Gasteiger partial charge in [-0.1, -0.05) is 66.7 Å². The van der Waals surface area contributed by atoms with Gasteiger partial charge in [0.05, 0.1) is 0 Å². The van der Waals surface area contributed by atoms with Crippen molar-refractivity contribution >= 4 is 5.57 Å². The summed E-state index contributed by atoms with van der Waals surface area (Å²) in [6, 6.07) is 18.8. The van der Waals surface area contributed by atoms with E-state index in [9.17, 15) is 0 Å². The van der Waals surface area contributed by atoms with Crippen molar-refractivity contribution in [3.8, 4) is 0 Å². The molecule has 90 valence electrons. The average molecular weight is 236 g/mol. The van der Waals surface area contributed by atoms with Crippen LogP contribution in [0.25, 0.3) is 5.57 Å². The van der Waals surface area contributed by atoms with Gasteiger partial charge in [0.2, 0.25) is 0 Å². The van der Waals surface area contributed by atoms with Crippen molar-refractivity contribution in [1.29, 1.82) is 0 Å². The summed E-state index contributed by atoms with van der Waals surface area (Å²) >= 11 is 0. The summed E-state index contributed by atoms with van der Waals surface area (Å²) in [5.74, 6) is 0. The Balaban J connectivity index is 1.75. The number of hydrogen-bond donors (Lipinski definition) is 0. The second-order valence-corrected chi connectivity index (χ2v) is 4.78. The lowest BCUT2D eigenvalue weighted by atomic mass is 9.99. The van der Waals surface area contributed by atoms with Gasteiger partial charge >= 0.3 is 0 Å². The molecule has 1 fully saturated rings. The van der Waals surface area contributed by atoms with Crippen LogP contribution in [0.1, 0.15) is 22.8 Å². The van der Waals surface area contributed by atoms with E-state index in [1.165, 1.54) is 16.7 Å². The summed E-state index contributed by atoms with van der Waals surface area (Å²) in [5.41, 5.74) is 4.74. The summed E-state index contributed by atoms with van der Waals surface area (Å²) < 4.78 is 5.75. The lowest BCUT2D eigenvalue weighted by Crippen LogP contribution is -1.93. The van der Waals surface area contributed by atoms with Gasteiger partial charge in [-0.25, -0.2) is 0 Å². The molecule has 2 aromatic rings. The normalized spacial score (nSPS) is 21.6. The fourth-order valence-corrected chi connectivity index (χ4v) is 2.21. The van der Waals surface area contributed by atoms with Crippen LogP contribution in [0.15, 0.2) is 61.2 Å². The first-order valence-electron chi connectivity index (χ1n) is 6.22. The lowest BCUT2D eigenvalue weighted by Gasteiger charge is -2.03. The molecule has 2 atom stereocenters. The van der Waals surface area contributed by atoms with E-state index in [0.29, 0.717) is 0 Å². The molecule has 0 amide bonds. The molecule has 0 spiro atoms. The predicted molar refractivity (Wildman–Crippen MR) is 74.3 cm³/mol. The Hall–Kier alpha value is -1.86. The van der Waals surface area contributed by atoms with Gasteiger partial charge in [-0.3, -0.25) is 0 Å². The average Bonchev–Trinajstić information content (AvgIpc) is 3.20. The van der Waals surface area contributed by atoms with Crippen LogP contribution in [-0.2, 0) is 4.74 Å². The third-order valence-corrected chi connectivity index (χ3v) is 3.39. The molecule has 0 unspecified atom stereocenters. The smallest absolute Gasteiger partial charge is 0.114 e. The van der Waals surface area contributed by atoms with Crippen molar-refractivity contribution in [3.05, 3.63) is 77.9 Å². The molecular formula is C17H16O. The zero-order valence-electron chi connectivity index (χ0n) is 10.5. The van der Waals surface area contributed by atoms with Gasteiger partial charge in [0.25, 0.3) is 0 Å². The molecule has 1 heteroatoms. The molecule has 1 saturated heterocycles.